The zero-order valence-corrected chi connectivity index (χ0v) is 15.0. The number of aromatic nitrogens is 1. The van der Waals surface area contributed by atoms with Crippen molar-refractivity contribution < 1.29 is 4.40 Å². The number of hydrogen-bond acceptors (Lipinski definition) is 0. The first-order valence-electron chi connectivity index (χ1n) is 9.80. The lowest BCUT2D eigenvalue weighted by atomic mass is 9.85. The Labute approximate surface area is 160 Å². The SMILES string of the molecule is c1ccc2c(c1)c1ccc3ccc4ccc5ccc6cc[n+]2c2c6c5c4c3c12. The maximum absolute atomic E-state index is 2.41. The summed E-state index contributed by atoms with van der Waals surface area (Å²) in [5, 5.41) is 15.0. The van der Waals surface area contributed by atoms with Gasteiger partial charge in [0.2, 0.25) is 11.0 Å². The van der Waals surface area contributed by atoms with E-state index in [2.05, 4.69) is 89.5 Å². The van der Waals surface area contributed by atoms with Crippen LogP contribution in [-0.4, -0.2) is 0 Å². The number of fused-ring (bicyclic) bond motifs is 3. The minimum atomic E-state index is 1.27. The van der Waals surface area contributed by atoms with Crippen molar-refractivity contribution in [3.05, 3.63) is 85.1 Å². The summed E-state index contributed by atoms with van der Waals surface area (Å²) < 4.78 is 2.41. The van der Waals surface area contributed by atoms with Crippen LogP contribution in [0.4, 0.5) is 0 Å². The molecule has 0 amide bonds. The van der Waals surface area contributed by atoms with Crippen LogP contribution in [-0.2, 0) is 0 Å². The molecule has 0 radical (unpaired) electrons. The van der Waals surface area contributed by atoms with Crippen molar-refractivity contribution in [1.29, 1.82) is 0 Å². The highest BCUT2D eigenvalue weighted by Gasteiger charge is 2.26. The van der Waals surface area contributed by atoms with Crippen LogP contribution in [0.15, 0.2) is 85.1 Å². The van der Waals surface area contributed by atoms with Crippen LogP contribution in [0.2, 0.25) is 0 Å². The fourth-order valence-electron chi connectivity index (χ4n) is 5.64. The Morgan fingerprint density at radius 1 is 0.429 bits per heavy atom. The van der Waals surface area contributed by atoms with Crippen molar-refractivity contribution in [3.8, 4) is 0 Å². The van der Waals surface area contributed by atoms with E-state index in [1.807, 2.05) is 0 Å². The third kappa shape index (κ3) is 1.30. The summed E-state index contributed by atoms with van der Waals surface area (Å²) >= 11 is 0. The molecular formula is C27H14N+. The lowest BCUT2D eigenvalue weighted by Gasteiger charge is -2.18. The Hall–Kier alpha value is -3.71. The summed E-state index contributed by atoms with van der Waals surface area (Å²) in [6, 6.07) is 29.3. The van der Waals surface area contributed by atoms with E-state index in [0.717, 1.165) is 0 Å². The molecule has 126 valence electrons. The van der Waals surface area contributed by atoms with Crippen LogP contribution in [0.5, 0.6) is 0 Å². The Morgan fingerprint density at radius 3 is 1.75 bits per heavy atom. The molecule has 0 fully saturated rings. The number of benzene rings is 6. The Morgan fingerprint density at radius 2 is 1.00 bits per heavy atom. The summed E-state index contributed by atoms with van der Waals surface area (Å²) in [6.45, 7) is 0. The molecule has 0 unspecified atom stereocenters. The van der Waals surface area contributed by atoms with Gasteiger partial charge < -0.3 is 0 Å². The van der Waals surface area contributed by atoms with Crippen LogP contribution >= 0.6 is 0 Å². The van der Waals surface area contributed by atoms with E-state index in [0.29, 0.717) is 0 Å². The molecule has 0 aliphatic carbocycles. The van der Waals surface area contributed by atoms with E-state index in [9.17, 15) is 0 Å². The zero-order valence-electron chi connectivity index (χ0n) is 15.0. The van der Waals surface area contributed by atoms with Gasteiger partial charge in [0.1, 0.15) is 0 Å². The monoisotopic (exact) mass is 352 g/mol. The molecule has 2 heterocycles. The molecule has 0 aliphatic heterocycles. The summed E-state index contributed by atoms with van der Waals surface area (Å²) in [4.78, 5) is 0. The second kappa shape index (κ2) is 4.23. The molecule has 0 saturated carbocycles. The molecule has 0 spiro atoms. The second-order valence-electron chi connectivity index (χ2n) is 7.99. The standard InChI is InChI=1S/C27H14N/c1-2-4-21-19(3-1)20-12-11-17-8-6-15-5-7-16-9-10-18-13-14-28(21)27-25(18)23(16)22(15)24(17)26(20)27/h1-14H/q+1. The Kier molecular flexibility index (Phi) is 2.03. The maximum Gasteiger partial charge on any atom is 0.228 e. The topological polar surface area (TPSA) is 4.10 Å². The van der Waals surface area contributed by atoms with Crippen LogP contribution in [0.1, 0.15) is 0 Å². The molecule has 28 heavy (non-hydrogen) atoms. The van der Waals surface area contributed by atoms with Crippen molar-refractivity contribution in [2.75, 3.05) is 0 Å². The van der Waals surface area contributed by atoms with Gasteiger partial charge in [0.15, 0.2) is 6.20 Å². The minimum absolute atomic E-state index is 1.27. The lowest BCUT2D eigenvalue weighted by molar-refractivity contribution is -0.479. The molecule has 2 aromatic heterocycles. The molecule has 8 rings (SSSR count). The van der Waals surface area contributed by atoms with Gasteiger partial charge in [0, 0.05) is 28.3 Å². The average Bonchev–Trinajstić information content (AvgIpc) is 2.77. The largest absolute Gasteiger partial charge is 0.228 e. The van der Waals surface area contributed by atoms with E-state index in [-0.39, 0.29) is 0 Å². The number of para-hydroxylation sites is 1. The molecular weight excluding hydrogens is 338 g/mol. The van der Waals surface area contributed by atoms with Gasteiger partial charge >= 0.3 is 0 Å². The number of rotatable bonds is 0. The molecule has 8 aromatic rings. The highest BCUT2D eigenvalue weighted by Crippen LogP contribution is 2.46. The van der Waals surface area contributed by atoms with Crippen molar-refractivity contribution in [2.45, 2.75) is 0 Å². The van der Waals surface area contributed by atoms with Gasteiger partial charge in [-0.15, -0.1) is 0 Å². The summed E-state index contributed by atoms with van der Waals surface area (Å²) in [7, 11) is 0. The smallest absolute Gasteiger partial charge is 0.159 e. The fourth-order valence-corrected chi connectivity index (χ4v) is 5.64. The lowest BCUT2D eigenvalue weighted by Crippen LogP contribution is -2.23. The van der Waals surface area contributed by atoms with E-state index >= 15 is 0 Å². The molecule has 1 nitrogen and oxygen atoms in total. The van der Waals surface area contributed by atoms with E-state index in [1.165, 1.54) is 70.3 Å². The molecule has 0 aliphatic rings. The molecule has 0 atom stereocenters. The van der Waals surface area contributed by atoms with Gasteiger partial charge in [-0.1, -0.05) is 60.7 Å². The maximum atomic E-state index is 2.41. The van der Waals surface area contributed by atoms with Gasteiger partial charge in [0.25, 0.3) is 0 Å². The van der Waals surface area contributed by atoms with Crippen LogP contribution in [0.25, 0.3) is 70.3 Å². The highest BCUT2D eigenvalue weighted by molar-refractivity contribution is 6.42. The van der Waals surface area contributed by atoms with Crippen LogP contribution in [0, 0.1) is 0 Å². The molecule has 0 N–H and O–H groups in total. The molecule has 0 bridgehead atoms. The van der Waals surface area contributed by atoms with Crippen molar-refractivity contribution >= 4 is 70.3 Å². The number of pyridine rings is 2. The predicted molar refractivity (Wildman–Crippen MR) is 118 cm³/mol. The van der Waals surface area contributed by atoms with E-state index in [4.69, 9.17) is 0 Å². The first kappa shape index (κ1) is 13.5. The first-order chi connectivity index (χ1) is 13.9. The average molecular weight is 352 g/mol. The fraction of sp³-hybridized carbons (Fsp3) is 0. The number of hydrogen-bond donors (Lipinski definition) is 0. The molecule has 0 saturated heterocycles. The second-order valence-corrected chi connectivity index (χ2v) is 7.99. The summed E-state index contributed by atoms with van der Waals surface area (Å²) in [5.74, 6) is 0. The van der Waals surface area contributed by atoms with Crippen molar-refractivity contribution in [2.24, 2.45) is 0 Å². The summed E-state index contributed by atoms with van der Waals surface area (Å²) in [5.41, 5.74) is 2.63. The molecule has 1 heteroatoms. The van der Waals surface area contributed by atoms with E-state index < -0.39 is 0 Å². The number of nitrogens with zero attached hydrogens (tertiary/aromatic N) is 1. The zero-order chi connectivity index (χ0) is 18.0. The van der Waals surface area contributed by atoms with Crippen LogP contribution < -0.4 is 4.40 Å². The van der Waals surface area contributed by atoms with E-state index in [1.54, 1.807) is 0 Å². The van der Waals surface area contributed by atoms with Crippen molar-refractivity contribution in [3.63, 3.8) is 0 Å². The van der Waals surface area contributed by atoms with Gasteiger partial charge in [0.05, 0.1) is 16.2 Å². The quantitative estimate of drug-likeness (QED) is 0.163. The molecule has 6 aromatic carbocycles. The van der Waals surface area contributed by atoms with Gasteiger partial charge in [-0.05, 0) is 33.0 Å². The first-order valence-corrected chi connectivity index (χ1v) is 9.80. The van der Waals surface area contributed by atoms with Gasteiger partial charge in [-0.3, -0.25) is 0 Å². The Bertz CT molecular complexity index is 1710. The predicted octanol–water partition coefficient (Wildman–Crippen LogP) is 6.66. The third-order valence-corrected chi connectivity index (χ3v) is 6.75. The summed E-state index contributed by atoms with van der Waals surface area (Å²) in [6.07, 6.45) is 2.25. The van der Waals surface area contributed by atoms with Crippen LogP contribution in [0.3, 0.4) is 0 Å². The van der Waals surface area contributed by atoms with Crippen molar-refractivity contribution in [1.82, 2.24) is 0 Å². The van der Waals surface area contributed by atoms with Gasteiger partial charge in [-0.2, -0.15) is 4.40 Å². The third-order valence-electron chi connectivity index (χ3n) is 6.75. The highest BCUT2D eigenvalue weighted by atomic mass is 14.9. The Balaban J connectivity index is 1.96. The normalized spacial score (nSPS) is 13.0. The van der Waals surface area contributed by atoms with Gasteiger partial charge in [-0.25, -0.2) is 0 Å². The minimum Gasteiger partial charge on any atom is -0.159 e.